The molecule has 2 rings (SSSR count). The lowest BCUT2D eigenvalue weighted by Crippen LogP contribution is -2.05. The number of Topliss-reactive ketones (excluding diaryl/α,β-unsaturated/α-hetero) is 1. The minimum absolute atomic E-state index is 0.0903. The standard InChI is InChI=1S/C13H11FO2/c1-9-4-5-11(12(14)7-9)13(15)8-10-3-2-6-16-10/h2-7H,8H2,1H3. The third kappa shape index (κ3) is 2.19. The molecule has 0 unspecified atom stereocenters. The van der Waals surface area contributed by atoms with Crippen LogP contribution in [0.15, 0.2) is 41.0 Å². The van der Waals surface area contributed by atoms with Gasteiger partial charge in [0, 0.05) is 0 Å². The Morgan fingerprint density at radius 2 is 2.19 bits per heavy atom. The normalized spacial score (nSPS) is 10.4. The maximum absolute atomic E-state index is 13.5. The molecular formula is C13H11FO2. The lowest BCUT2D eigenvalue weighted by Gasteiger charge is -2.02. The van der Waals surface area contributed by atoms with Gasteiger partial charge in [0.2, 0.25) is 0 Å². The van der Waals surface area contributed by atoms with Crippen molar-refractivity contribution < 1.29 is 13.6 Å². The van der Waals surface area contributed by atoms with E-state index >= 15 is 0 Å². The zero-order chi connectivity index (χ0) is 11.5. The van der Waals surface area contributed by atoms with Crippen molar-refractivity contribution in [2.24, 2.45) is 0 Å². The van der Waals surface area contributed by atoms with Gasteiger partial charge in [-0.15, -0.1) is 0 Å². The molecular weight excluding hydrogens is 207 g/mol. The van der Waals surface area contributed by atoms with Gasteiger partial charge in [0.1, 0.15) is 11.6 Å². The lowest BCUT2D eigenvalue weighted by atomic mass is 10.0. The van der Waals surface area contributed by atoms with E-state index in [1.54, 1.807) is 25.1 Å². The van der Waals surface area contributed by atoms with Crippen molar-refractivity contribution in [3.05, 3.63) is 59.3 Å². The number of rotatable bonds is 3. The fourth-order valence-electron chi connectivity index (χ4n) is 1.51. The van der Waals surface area contributed by atoms with Crippen LogP contribution in [0.2, 0.25) is 0 Å². The average molecular weight is 218 g/mol. The van der Waals surface area contributed by atoms with Crippen LogP contribution in [0.4, 0.5) is 4.39 Å². The molecule has 0 N–H and O–H groups in total. The van der Waals surface area contributed by atoms with E-state index in [1.807, 2.05) is 0 Å². The molecule has 16 heavy (non-hydrogen) atoms. The number of benzene rings is 1. The monoisotopic (exact) mass is 218 g/mol. The number of carbonyl (C=O) groups is 1. The maximum Gasteiger partial charge on any atom is 0.173 e. The summed E-state index contributed by atoms with van der Waals surface area (Å²) in [5.74, 6) is -0.200. The number of furan rings is 1. The Bertz CT molecular complexity index is 501. The maximum atomic E-state index is 13.5. The van der Waals surface area contributed by atoms with E-state index in [4.69, 9.17) is 4.42 Å². The first-order chi connectivity index (χ1) is 7.66. The molecule has 1 aromatic heterocycles. The third-order valence-corrected chi connectivity index (χ3v) is 2.34. The first-order valence-corrected chi connectivity index (χ1v) is 4.98. The highest BCUT2D eigenvalue weighted by Crippen LogP contribution is 2.13. The zero-order valence-electron chi connectivity index (χ0n) is 8.87. The molecule has 0 spiro atoms. The number of hydrogen-bond donors (Lipinski definition) is 0. The van der Waals surface area contributed by atoms with Crippen LogP contribution in [-0.2, 0) is 6.42 Å². The summed E-state index contributed by atoms with van der Waals surface area (Å²) in [6.45, 7) is 1.78. The molecule has 0 aliphatic rings. The van der Waals surface area contributed by atoms with Crippen LogP contribution in [0.1, 0.15) is 21.7 Å². The summed E-state index contributed by atoms with van der Waals surface area (Å²) in [5, 5.41) is 0. The topological polar surface area (TPSA) is 30.2 Å². The molecule has 0 amide bonds. The highest BCUT2D eigenvalue weighted by atomic mass is 19.1. The summed E-state index contributed by atoms with van der Waals surface area (Å²) in [6.07, 6.45) is 1.58. The summed E-state index contributed by atoms with van der Waals surface area (Å²) in [7, 11) is 0. The highest BCUT2D eigenvalue weighted by Gasteiger charge is 2.13. The van der Waals surface area contributed by atoms with Crippen molar-refractivity contribution in [3.8, 4) is 0 Å². The van der Waals surface area contributed by atoms with E-state index in [1.165, 1.54) is 18.4 Å². The van der Waals surface area contributed by atoms with Gasteiger partial charge >= 0.3 is 0 Å². The van der Waals surface area contributed by atoms with E-state index in [9.17, 15) is 9.18 Å². The van der Waals surface area contributed by atoms with Crippen LogP contribution in [-0.4, -0.2) is 5.78 Å². The number of halogens is 1. The molecule has 0 aliphatic heterocycles. The zero-order valence-corrected chi connectivity index (χ0v) is 8.87. The Morgan fingerprint density at radius 1 is 1.38 bits per heavy atom. The van der Waals surface area contributed by atoms with Gasteiger partial charge in [0.15, 0.2) is 5.78 Å². The van der Waals surface area contributed by atoms with E-state index in [2.05, 4.69) is 0 Å². The Balaban J connectivity index is 2.21. The molecule has 2 nitrogen and oxygen atoms in total. The molecule has 0 radical (unpaired) electrons. The van der Waals surface area contributed by atoms with Gasteiger partial charge in [0.05, 0.1) is 18.2 Å². The molecule has 1 heterocycles. The minimum atomic E-state index is -0.475. The van der Waals surface area contributed by atoms with Crippen LogP contribution < -0.4 is 0 Å². The Labute approximate surface area is 92.7 Å². The van der Waals surface area contributed by atoms with E-state index in [0.29, 0.717) is 5.76 Å². The summed E-state index contributed by atoms with van der Waals surface area (Å²) in [6, 6.07) is 7.99. The van der Waals surface area contributed by atoms with Crippen molar-refractivity contribution >= 4 is 5.78 Å². The molecule has 0 atom stereocenters. The van der Waals surface area contributed by atoms with Crippen molar-refractivity contribution in [2.75, 3.05) is 0 Å². The van der Waals surface area contributed by atoms with Gasteiger partial charge in [-0.3, -0.25) is 4.79 Å². The molecule has 82 valence electrons. The van der Waals surface area contributed by atoms with Crippen molar-refractivity contribution in [1.29, 1.82) is 0 Å². The SMILES string of the molecule is Cc1ccc(C(=O)Cc2ccco2)c(F)c1. The van der Waals surface area contributed by atoms with E-state index < -0.39 is 5.82 Å². The Kier molecular flexibility index (Phi) is 2.86. The second-order valence-corrected chi connectivity index (χ2v) is 3.66. The second-order valence-electron chi connectivity index (χ2n) is 3.66. The first-order valence-electron chi connectivity index (χ1n) is 4.98. The molecule has 1 aromatic carbocycles. The quantitative estimate of drug-likeness (QED) is 0.741. The van der Waals surface area contributed by atoms with E-state index in [0.717, 1.165) is 5.56 Å². The minimum Gasteiger partial charge on any atom is -0.469 e. The molecule has 0 fully saturated rings. The van der Waals surface area contributed by atoms with Gasteiger partial charge in [-0.2, -0.15) is 0 Å². The molecule has 0 aliphatic carbocycles. The van der Waals surface area contributed by atoms with Gasteiger partial charge in [-0.25, -0.2) is 4.39 Å². The number of hydrogen-bond acceptors (Lipinski definition) is 2. The predicted octanol–water partition coefficient (Wildman–Crippen LogP) is 3.15. The first kappa shape index (κ1) is 10.6. The molecule has 0 bridgehead atoms. The van der Waals surface area contributed by atoms with Gasteiger partial charge < -0.3 is 4.42 Å². The molecule has 0 saturated carbocycles. The van der Waals surface area contributed by atoms with Gasteiger partial charge in [-0.1, -0.05) is 6.07 Å². The summed E-state index contributed by atoms with van der Waals surface area (Å²) in [5.41, 5.74) is 0.911. The van der Waals surface area contributed by atoms with Crippen LogP contribution in [0.5, 0.6) is 0 Å². The van der Waals surface area contributed by atoms with E-state index in [-0.39, 0.29) is 17.8 Å². The Morgan fingerprint density at radius 3 is 2.81 bits per heavy atom. The number of aryl methyl sites for hydroxylation is 1. The van der Waals surface area contributed by atoms with Gasteiger partial charge in [-0.05, 0) is 36.8 Å². The van der Waals surface area contributed by atoms with Crippen LogP contribution in [0.3, 0.4) is 0 Å². The molecule has 0 saturated heterocycles. The molecule has 2 aromatic rings. The predicted molar refractivity (Wildman–Crippen MR) is 57.9 cm³/mol. The fourth-order valence-corrected chi connectivity index (χ4v) is 1.51. The molecule has 3 heteroatoms. The van der Waals surface area contributed by atoms with Crippen LogP contribution >= 0.6 is 0 Å². The summed E-state index contributed by atoms with van der Waals surface area (Å²) >= 11 is 0. The Hall–Kier alpha value is -1.90. The fraction of sp³-hybridized carbons (Fsp3) is 0.154. The number of carbonyl (C=O) groups excluding carboxylic acids is 1. The summed E-state index contributed by atoms with van der Waals surface area (Å²) in [4.78, 5) is 11.7. The largest absolute Gasteiger partial charge is 0.469 e. The second kappa shape index (κ2) is 4.31. The third-order valence-electron chi connectivity index (χ3n) is 2.34. The average Bonchev–Trinajstić information content (AvgIpc) is 2.70. The van der Waals surface area contributed by atoms with Crippen molar-refractivity contribution in [2.45, 2.75) is 13.3 Å². The van der Waals surface area contributed by atoms with Gasteiger partial charge in [0.25, 0.3) is 0 Å². The summed E-state index contributed by atoms with van der Waals surface area (Å²) < 4.78 is 18.5. The van der Waals surface area contributed by atoms with Crippen LogP contribution in [0.25, 0.3) is 0 Å². The van der Waals surface area contributed by atoms with Crippen molar-refractivity contribution in [1.82, 2.24) is 0 Å². The highest BCUT2D eigenvalue weighted by molar-refractivity contribution is 5.97. The van der Waals surface area contributed by atoms with Crippen LogP contribution in [0, 0.1) is 12.7 Å². The lowest BCUT2D eigenvalue weighted by molar-refractivity contribution is 0.0983. The smallest absolute Gasteiger partial charge is 0.173 e. The van der Waals surface area contributed by atoms with Crippen molar-refractivity contribution in [3.63, 3.8) is 0 Å². The number of ketones is 1.